The van der Waals surface area contributed by atoms with Crippen LogP contribution >= 0.6 is 0 Å². The lowest BCUT2D eigenvalue weighted by molar-refractivity contribution is -0.151. The van der Waals surface area contributed by atoms with Gasteiger partial charge in [0.25, 0.3) is 0 Å². The average Bonchev–Trinajstić information content (AvgIpc) is 2.88. The van der Waals surface area contributed by atoms with E-state index >= 15 is 0 Å². The van der Waals surface area contributed by atoms with Crippen LogP contribution in [0.2, 0.25) is 0 Å². The fourth-order valence-corrected chi connectivity index (χ4v) is 2.47. The number of amides is 1. The molecule has 1 fully saturated rings. The summed E-state index contributed by atoms with van der Waals surface area (Å²) < 4.78 is 5.24. The molecule has 2 rings (SSSR count). The van der Waals surface area contributed by atoms with Gasteiger partial charge in [0.1, 0.15) is 6.10 Å². The van der Waals surface area contributed by atoms with Crippen molar-refractivity contribution in [1.82, 2.24) is 5.32 Å². The molecule has 1 aromatic rings. The van der Waals surface area contributed by atoms with E-state index in [1.54, 1.807) is 0 Å². The second-order valence-electron chi connectivity index (χ2n) is 5.12. The Balaban J connectivity index is 1.95. The smallest absolute Gasteiger partial charge is 0.332 e. The number of hydrogen-bond donors (Lipinski definition) is 2. The number of carboxylic acid groups (broad SMARTS) is 1. The number of benzene rings is 1. The normalized spacial score (nSPS) is 23.3. The molecule has 20 heavy (non-hydrogen) atoms. The van der Waals surface area contributed by atoms with Crippen LogP contribution in [-0.4, -0.2) is 29.2 Å². The van der Waals surface area contributed by atoms with Crippen molar-refractivity contribution < 1.29 is 19.4 Å². The first kappa shape index (κ1) is 14.5. The predicted octanol–water partition coefficient (Wildman–Crippen LogP) is 1.80. The van der Waals surface area contributed by atoms with Gasteiger partial charge in [0.2, 0.25) is 5.91 Å². The van der Waals surface area contributed by atoms with Crippen molar-refractivity contribution in [3.63, 3.8) is 0 Å². The quantitative estimate of drug-likeness (QED) is 0.880. The molecule has 2 N–H and O–H groups in total. The van der Waals surface area contributed by atoms with Crippen LogP contribution < -0.4 is 5.32 Å². The second kappa shape index (κ2) is 6.05. The topological polar surface area (TPSA) is 75.6 Å². The molecule has 0 aromatic heterocycles. The minimum atomic E-state index is -1.01. The molecule has 3 unspecified atom stereocenters. The maximum absolute atomic E-state index is 12.1. The van der Waals surface area contributed by atoms with Crippen LogP contribution in [0.5, 0.6) is 0 Å². The van der Waals surface area contributed by atoms with E-state index in [1.807, 2.05) is 38.1 Å². The van der Waals surface area contributed by atoms with Gasteiger partial charge in [-0.3, -0.25) is 4.79 Å². The molecule has 5 heteroatoms. The van der Waals surface area contributed by atoms with E-state index in [1.165, 1.54) is 0 Å². The van der Waals surface area contributed by atoms with Gasteiger partial charge in [-0.1, -0.05) is 24.3 Å². The Labute approximate surface area is 117 Å². The Morgan fingerprint density at radius 2 is 1.95 bits per heavy atom. The number of aryl methyl sites for hydroxylation is 1. The highest BCUT2D eigenvalue weighted by atomic mass is 16.5. The number of carbonyl (C=O) groups is 2. The maximum Gasteiger partial charge on any atom is 0.332 e. The summed E-state index contributed by atoms with van der Waals surface area (Å²) in [6.07, 6.45) is -0.697. The first-order valence-electron chi connectivity index (χ1n) is 6.73. The molecule has 0 radical (unpaired) electrons. The van der Waals surface area contributed by atoms with Gasteiger partial charge in [-0.05, 0) is 37.8 Å². The minimum absolute atomic E-state index is 0.129. The van der Waals surface area contributed by atoms with Crippen LogP contribution in [0, 0.1) is 6.92 Å². The van der Waals surface area contributed by atoms with E-state index in [4.69, 9.17) is 9.84 Å². The Bertz CT molecular complexity index is 514. The maximum atomic E-state index is 12.1. The van der Waals surface area contributed by atoms with Crippen LogP contribution in [-0.2, 0) is 14.3 Å². The zero-order chi connectivity index (χ0) is 14.7. The third-order valence-electron chi connectivity index (χ3n) is 3.60. The van der Waals surface area contributed by atoms with Gasteiger partial charge in [0.15, 0.2) is 6.10 Å². The molecule has 1 aliphatic heterocycles. The zero-order valence-electron chi connectivity index (χ0n) is 11.6. The lowest BCUT2D eigenvalue weighted by atomic mass is 10.0. The summed E-state index contributed by atoms with van der Waals surface area (Å²) in [6, 6.07) is 7.71. The van der Waals surface area contributed by atoms with E-state index in [0.717, 1.165) is 11.1 Å². The summed E-state index contributed by atoms with van der Waals surface area (Å²) in [5.41, 5.74) is 2.16. The van der Waals surface area contributed by atoms with Crippen molar-refractivity contribution in [2.24, 2.45) is 0 Å². The van der Waals surface area contributed by atoms with Crippen molar-refractivity contribution in [3.8, 4) is 0 Å². The third kappa shape index (κ3) is 3.17. The van der Waals surface area contributed by atoms with Crippen LogP contribution in [0.1, 0.15) is 36.9 Å². The van der Waals surface area contributed by atoms with Gasteiger partial charge in [0.05, 0.1) is 6.04 Å². The lowest BCUT2D eigenvalue weighted by Gasteiger charge is -2.19. The molecule has 0 saturated carbocycles. The first-order valence-corrected chi connectivity index (χ1v) is 6.73. The molecule has 3 atom stereocenters. The summed E-state index contributed by atoms with van der Waals surface area (Å²) in [6.45, 7) is 3.90. The molecule has 0 bridgehead atoms. The highest BCUT2D eigenvalue weighted by Crippen LogP contribution is 2.22. The fourth-order valence-electron chi connectivity index (χ4n) is 2.47. The van der Waals surface area contributed by atoms with Gasteiger partial charge in [-0.2, -0.15) is 0 Å². The molecule has 0 spiro atoms. The molecular formula is C15H19NO4. The van der Waals surface area contributed by atoms with Crippen molar-refractivity contribution in [3.05, 3.63) is 35.4 Å². The van der Waals surface area contributed by atoms with Crippen LogP contribution in [0.15, 0.2) is 24.3 Å². The van der Waals surface area contributed by atoms with E-state index in [0.29, 0.717) is 12.8 Å². The minimum Gasteiger partial charge on any atom is -0.479 e. The molecule has 1 amide bonds. The van der Waals surface area contributed by atoms with Gasteiger partial charge < -0.3 is 15.2 Å². The number of ether oxygens (including phenoxy) is 1. The van der Waals surface area contributed by atoms with E-state index < -0.39 is 18.2 Å². The summed E-state index contributed by atoms with van der Waals surface area (Å²) in [5, 5.41) is 11.7. The van der Waals surface area contributed by atoms with Crippen molar-refractivity contribution in [2.75, 3.05) is 0 Å². The molecule has 1 saturated heterocycles. The average molecular weight is 277 g/mol. The van der Waals surface area contributed by atoms with E-state index in [2.05, 4.69) is 5.32 Å². The van der Waals surface area contributed by atoms with E-state index in [-0.39, 0.29) is 11.9 Å². The Hall–Kier alpha value is -1.88. The molecule has 0 aliphatic carbocycles. The monoisotopic (exact) mass is 277 g/mol. The van der Waals surface area contributed by atoms with E-state index in [9.17, 15) is 9.59 Å². The van der Waals surface area contributed by atoms with Gasteiger partial charge in [0, 0.05) is 0 Å². The highest BCUT2D eigenvalue weighted by molar-refractivity contribution is 5.83. The first-order chi connectivity index (χ1) is 9.49. The molecule has 108 valence electrons. The number of hydrogen-bond acceptors (Lipinski definition) is 3. The van der Waals surface area contributed by atoms with Gasteiger partial charge in [-0.25, -0.2) is 4.79 Å². The molecule has 1 heterocycles. The Morgan fingerprint density at radius 1 is 1.30 bits per heavy atom. The SMILES string of the molecule is Cc1ccccc1C(C)NC(=O)C1CCC(C(=O)O)O1. The summed E-state index contributed by atoms with van der Waals surface area (Å²) in [5.74, 6) is -1.25. The third-order valence-corrected chi connectivity index (χ3v) is 3.60. The van der Waals surface area contributed by atoms with Gasteiger partial charge >= 0.3 is 5.97 Å². The van der Waals surface area contributed by atoms with Crippen LogP contribution in [0.3, 0.4) is 0 Å². The molecule has 1 aliphatic rings. The van der Waals surface area contributed by atoms with Crippen molar-refractivity contribution in [1.29, 1.82) is 0 Å². The lowest BCUT2D eigenvalue weighted by Crippen LogP contribution is -2.37. The largest absolute Gasteiger partial charge is 0.479 e. The van der Waals surface area contributed by atoms with Crippen molar-refractivity contribution >= 4 is 11.9 Å². The summed E-state index contributed by atoms with van der Waals surface area (Å²) in [7, 11) is 0. The Kier molecular flexibility index (Phi) is 4.39. The zero-order valence-corrected chi connectivity index (χ0v) is 11.6. The number of carbonyl (C=O) groups excluding carboxylic acids is 1. The van der Waals surface area contributed by atoms with Crippen LogP contribution in [0.25, 0.3) is 0 Å². The standard InChI is InChI=1S/C15H19NO4/c1-9-5-3-4-6-11(9)10(2)16-14(17)12-7-8-13(20-12)15(18)19/h3-6,10,12-13H,7-8H2,1-2H3,(H,16,17)(H,18,19). The number of nitrogens with one attached hydrogen (secondary N) is 1. The molecule has 5 nitrogen and oxygen atoms in total. The second-order valence-corrected chi connectivity index (χ2v) is 5.12. The highest BCUT2D eigenvalue weighted by Gasteiger charge is 2.35. The summed E-state index contributed by atoms with van der Waals surface area (Å²) >= 11 is 0. The number of aliphatic carboxylic acids is 1. The predicted molar refractivity (Wildman–Crippen MR) is 73.3 cm³/mol. The fraction of sp³-hybridized carbons (Fsp3) is 0.467. The summed E-state index contributed by atoms with van der Waals surface area (Å²) in [4.78, 5) is 22.9. The van der Waals surface area contributed by atoms with Gasteiger partial charge in [-0.15, -0.1) is 0 Å². The number of rotatable bonds is 4. The van der Waals surface area contributed by atoms with Crippen molar-refractivity contribution in [2.45, 2.75) is 44.9 Å². The molecular weight excluding hydrogens is 258 g/mol. The van der Waals surface area contributed by atoms with Crippen LogP contribution in [0.4, 0.5) is 0 Å². The molecule has 1 aromatic carbocycles. The Morgan fingerprint density at radius 3 is 2.55 bits per heavy atom. The number of carboxylic acids is 1.